The fraction of sp³-hybridized carbons (Fsp3) is 0.333. The van der Waals surface area contributed by atoms with Crippen LogP contribution in [0.2, 0.25) is 0 Å². The molecule has 0 unspecified atom stereocenters. The summed E-state index contributed by atoms with van der Waals surface area (Å²) in [7, 11) is 0. The van der Waals surface area contributed by atoms with E-state index in [2.05, 4.69) is 28.8 Å². The first-order valence-corrected chi connectivity index (χ1v) is 8.51. The van der Waals surface area contributed by atoms with Gasteiger partial charge >= 0.3 is 0 Å². The van der Waals surface area contributed by atoms with E-state index < -0.39 is 11.6 Å². The third-order valence-electron chi connectivity index (χ3n) is 4.54. The number of anilines is 1. The molecule has 2 aromatic rings. The van der Waals surface area contributed by atoms with Crippen molar-refractivity contribution in [3.8, 4) is 17.2 Å². The number of nitrogens with one attached hydrogen (secondary N) is 2. The number of rotatable bonds is 6. The van der Waals surface area contributed by atoms with Gasteiger partial charge in [0.25, 0.3) is 0 Å². The third kappa shape index (κ3) is 4.60. The second kappa shape index (κ2) is 7.85. The predicted molar refractivity (Wildman–Crippen MR) is 102 cm³/mol. The Morgan fingerprint density at radius 2 is 1.56 bits per heavy atom. The normalized spacial score (nSPS) is 14.2. The summed E-state index contributed by atoms with van der Waals surface area (Å²) in [5.74, 6) is -0.163. The van der Waals surface area contributed by atoms with E-state index in [-0.39, 0.29) is 11.8 Å². The lowest BCUT2D eigenvalue weighted by Gasteiger charge is -2.29. The van der Waals surface area contributed by atoms with Crippen molar-refractivity contribution in [2.24, 2.45) is 5.92 Å². The molecule has 2 aromatic carbocycles. The minimum atomic E-state index is -0.871. The third-order valence-corrected chi connectivity index (χ3v) is 4.54. The second-order valence-electron chi connectivity index (χ2n) is 6.77. The highest BCUT2D eigenvalue weighted by Gasteiger charge is 2.31. The zero-order valence-electron chi connectivity index (χ0n) is 15.2. The van der Waals surface area contributed by atoms with Crippen LogP contribution in [0.4, 0.5) is 5.69 Å². The van der Waals surface area contributed by atoms with Crippen LogP contribution in [-0.2, 0) is 4.79 Å². The van der Waals surface area contributed by atoms with Gasteiger partial charge in [-0.05, 0) is 43.0 Å². The highest BCUT2D eigenvalue weighted by atomic mass is 16.2. The van der Waals surface area contributed by atoms with E-state index in [1.165, 1.54) is 0 Å². The Morgan fingerprint density at radius 1 is 1.00 bits per heavy atom. The standard InChI is InChI=1S/C21H25N3O/c1-15(2)21(4,14-22)24-20(25)16(3)23-19-12-10-18(11-13-19)17-8-6-5-7-9-17/h5-13,15-16,23H,1-4H3,(H,24,25)/t16-,21+/m0/s1. The van der Waals surface area contributed by atoms with E-state index in [0.29, 0.717) is 0 Å². The molecule has 4 nitrogen and oxygen atoms in total. The molecule has 0 aromatic heterocycles. The van der Waals surface area contributed by atoms with E-state index in [4.69, 9.17) is 0 Å². The van der Waals surface area contributed by atoms with E-state index in [1.807, 2.05) is 56.3 Å². The van der Waals surface area contributed by atoms with Crippen molar-refractivity contribution >= 4 is 11.6 Å². The van der Waals surface area contributed by atoms with E-state index >= 15 is 0 Å². The number of benzene rings is 2. The van der Waals surface area contributed by atoms with Crippen molar-refractivity contribution < 1.29 is 4.79 Å². The minimum absolute atomic E-state index is 0.0267. The maximum absolute atomic E-state index is 12.4. The lowest BCUT2D eigenvalue weighted by molar-refractivity contribution is -0.123. The lowest BCUT2D eigenvalue weighted by Crippen LogP contribution is -2.52. The Balaban J connectivity index is 2.02. The van der Waals surface area contributed by atoms with Gasteiger partial charge in [-0.25, -0.2) is 0 Å². The number of carbonyl (C=O) groups excluding carboxylic acids is 1. The van der Waals surface area contributed by atoms with Gasteiger partial charge in [-0.1, -0.05) is 56.3 Å². The van der Waals surface area contributed by atoms with Crippen molar-refractivity contribution in [3.05, 3.63) is 54.6 Å². The summed E-state index contributed by atoms with van der Waals surface area (Å²) in [6, 6.07) is 19.9. The van der Waals surface area contributed by atoms with Gasteiger partial charge in [-0.15, -0.1) is 0 Å². The molecule has 2 rings (SSSR count). The molecule has 0 heterocycles. The molecule has 0 aliphatic carbocycles. The first-order chi connectivity index (χ1) is 11.9. The first kappa shape index (κ1) is 18.5. The van der Waals surface area contributed by atoms with Crippen molar-refractivity contribution in [1.29, 1.82) is 5.26 Å². The Bertz CT molecular complexity index is 747. The SMILES string of the molecule is CC(C)[C@@](C)(C#N)NC(=O)[C@H](C)Nc1ccc(-c2ccccc2)cc1. The molecule has 25 heavy (non-hydrogen) atoms. The fourth-order valence-corrected chi connectivity index (χ4v) is 2.37. The molecule has 0 bridgehead atoms. The molecule has 1 amide bonds. The van der Waals surface area contributed by atoms with Gasteiger partial charge in [0.15, 0.2) is 0 Å². The van der Waals surface area contributed by atoms with E-state index in [0.717, 1.165) is 16.8 Å². The predicted octanol–water partition coefficient (Wildman–Crippen LogP) is 4.21. The zero-order valence-corrected chi connectivity index (χ0v) is 15.2. The van der Waals surface area contributed by atoms with Gasteiger partial charge in [0.05, 0.1) is 6.07 Å². The molecule has 0 radical (unpaired) electrons. The Labute approximate surface area is 149 Å². The number of nitrogens with zero attached hydrogens (tertiary/aromatic N) is 1. The summed E-state index contributed by atoms with van der Waals surface area (Å²) in [5.41, 5.74) is 2.27. The summed E-state index contributed by atoms with van der Waals surface area (Å²) in [6.07, 6.45) is 0. The quantitative estimate of drug-likeness (QED) is 0.831. The molecule has 0 saturated heterocycles. The monoisotopic (exact) mass is 335 g/mol. The molecule has 0 spiro atoms. The largest absolute Gasteiger partial charge is 0.374 e. The topological polar surface area (TPSA) is 64.9 Å². The number of carbonyl (C=O) groups is 1. The zero-order chi connectivity index (χ0) is 18.4. The number of hydrogen-bond donors (Lipinski definition) is 2. The molecule has 0 aliphatic rings. The van der Waals surface area contributed by atoms with Gasteiger partial charge in [-0.3, -0.25) is 4.79 Å². The molecule has 2 N–H and O–H groups in total. The highest BCUT2D eigenvalue weighted by molar-refractivity contribution is 5.85. The van der Waals surface area contributed by atoms with Crippen LogP contribution >= 0.6 is 0 Å². The average Bonchev–Trinajstić information content (AvgIpc) is 2.62. The summed E-state index contributed by atoms with van der Waals surface area (Å²) in [4.78, 5) is 12.4. The fourth-order valence-electron chi connectivity index (χ4n) is 2.37. The second-order valence-corrected chi connectivity index (χ2v) is 6.77. The molecule has 130 valence electrons. The Hall–Kier alpha value is -2.80. The van der Waals surface area contributed by atoms with Gasteiger partial charge in [0, 0.05) is 5.69 Å². The summed E-state index contributed by atoms with van der Waals surface area (Å²) >= 11 is 0. The smallest absolute Gasteiger partial charge is 0.243 e. The molecule has 2 atom stereocenters. The lowest BCUT2D eigenvalue weighted by atomic mass is 9.90. The van der Waals surface area contributed by atoms with Gasteiger partial charge < -0.3 is 10.6 Å². The molecule has 0 fully saturated rings. The highest BCUT2D eigenvalue weighted by Crippen LogP contribution is 2.21. The van der Waals surface area contributed by atoms with Crippen molar-refractivity contribution in [2.45, 2.75) is 39.3 Å². The summed E-state index contributed by atoms with van der Waals surface area (Å²) in [6.45, 7) is 7.38. The first-order valence-electron chi connectivity index (χ1n) is 8.51. The molecular weight excluding hydrogens is 310 g/mol. The number of amides is 1. The van der Waals surface area contributed by atoms with Gasteiger partial charge in [0.1, 0.15) is 11.6 Å². The van der Waals surface area contributed by atoms with Crippen molar-refractivity contribution in [3.63, 3.8) is 0 Å². The van der Waals surface area contributed by atoms with Crippen molar-refractivity contribution in [2.75, 3.05) is 5.32 Å². The Kier molecular flexibility index (Phi) is 5.82. The minimum Gasteiger partial charge on any atom is -0.374 e. The molecule has 0 aliphatic heterocycles. The Morgan fingerprint density at radius 3 is 2.08 bits per heavy atom. The van der Waals surface area contributed by atoms with Crippen LogP contribution in [0.5, 0.6) is 0 Å². The van der Waals surface area contributed by atoms with E-state index in [9.17, 15) is 10.1 Å². The van der Waals surface area contributed by atoms with Crippen LogP contribution in [0.1, 0.15) is 27.7 Å². The summed E-state index contributed by atoms with van der Waals surface area (Å²) in [5, 5.41) is 15.4. The van der Waals surface area contributed by atoms with Crippen LogP contribution in [0.15, 0.2) is 54.6 Å². The molecule has 4 heteroatoms. The van der Waals surface area contributed by atoms with Gasteiger partial charge in [0.2, 0.25) is 5.91 Å². The molecule has 0 saturated carbocycles. The van der Waals surface area contributed by atoms with Crippen LogP contribution in [0.3, 0.4) is 0 Å². The number of hydrogen-bond acceptors (Lipinski definition) is 3. The maximum Gasteiger partial charge on any atom is 0.243 e. The van der Waals surface area contributed by atoms with Crippen LogP contribution in [-0.4, -0.2) is 17.5 Å². The molecular formula is C21H25N3O. The van der Waals surface area contributed by atoms with Crippen LogP contribution < -0.4 is 10.6 Å². The average molecular weight is 335 g/mol. The van der Waals surface area contributed by atoms with E-state index in [1.54, 1.807) is 13.8 Å². The van der Waals surface area contributed by atoms with Gasteiger partial charge in [-0.2, -0.15) is 5.26 Å². The van der Waals surface area contributed by atoms with Crippen molar-refractivity contribution in [1.82, 2.24) is 5.32 Å². The van der Waals surface area contributed by atoms with Crippen LogP contribution in [0.25, 0.3) is 11.1 Å². The number of nitriles is 1. The summed E-state index contributed by atoms with van der Waals surface area (Å²) < 4.78 is 0. The maximum atomic E-state index is 12.4. The van der Waals surface area contributed by atoms with Crippen LogP contribution in [0, 0.1) is 17.2 Å².